The lowest BCUT2D eigenvalue weighted by Gasteiger charge is -2.32. The number of ether oxygens (including phenoxy) is 1. The van der Waals surface area contributed by atoms with E-state index < -0.39 is 5.60 Å². The molecule has 0 unspecified atom stereocenters. The van der Waals surface area contributed by atoms with Gasteiger partial charge in [-0.05, 0) is 13.8 Å². The van der Waals surface area contributed by atoms with Gasteiger partial charge in [0.1, 0.15) is 0 Å². The van der Waals surface area contributed by atoms with E-state index in [1.165, 1.54) is 11.4 Å². The van der Waals surface area contributed by atoms with E-state index in [9.17, 15) is 5.11 Å². The van der Waals surface area contributed by atoms with Crippen LogP contribution in [0.3, 0.4) is 0 Å². The fraction of sp³-hybridized carbons (Fsp3) is 0.643. The van der Waals surface area contributed by atoms with Crippen LogP contribution < -0.4 is 5.32 Å². The first-order valence-electron chi connectivity index (χ1n) is 7.02. The molecule has 2 N–H and O–H groups in total. The minimum Gasteiger partial charge on any atom is -0.388 e. The van der Waals surface area contributed by atoms with E-state index in [-0.39, 0.29) is 0 Å². The summed E-state index contributed by atoms with van der Waals surface area (Å²) in [6.07, 6.45) is 1.41. The smallest absolute Gasteiger partial charge is 0.194 e. The molecule has 5 nitrogen and oxygen atoms in total. The molecule has 110 valence electrons. The lowest BCUT2D eigenvalue weighted by molar-refractivity contribution is -0.0617. The zero-order valence-corrected chi connectivity index (χ0v) is 12.8. The molecule has 3 heterocycles. The first kappa shape index (κ1) is 14.0. The largest absolute Gasteiger partial charge is 0.388 e. The Morgan fingerprint density at radius 1 is 1.45 bits per heavy atom. The molecular weight excluding hydrogens is 274 g/mol. The molecule has 6 heteroatoms. The van der Waals surface area contributed by atoms with Crippen LogP contribution >= 0.6 is 11.3 Å². The third-order valence-electron chi connectivity index (χ3n) is 4.00. The second-order valence-corrected chi connectivity index (χ2v) is 6.42. The van der Waals surface area contributed by atoms with Crippen molar-refractivity contribution in [2.45, 2.75) is 38.8 Å². The normalized spacial score (nSPS) is 18.8. The van der Waals surface area contributed by atoms with Crippen molar-refractivity contribution in [3.63, 3.8) is 0 Å². The standard InChI is InChI=1S/C14H21N3O2S/c1-10-8-20-13-16-11(2)12(17(10)13)7-15-9-14(18)3-5-19-6-4-14/h8,15,18H,3-7,9H2,1-2H3. The highest BCUT2D eigenvalue weighted by molar-refractivity contribution is 7.15. The lowest BCUT2D eigenvalue weighted by Crippen LogP contribution is -2.44. The molecule has 0 bridgehead atoms. The van der Waals surface area contributed by atoms with Crippen molar-refractivity contribution in [1.82, 2.24) is 14.7 Å². The number of nitrogens with zero attached hydrogens (tertiary/aromatic N) is 2. The van der Waals surface area contributed by atoms with Gasteiger partial charge < -0.3 is 15.2 Å². The lowest BCUT2D eigenvalue weighted by atomic mass is 9.94. The molecule has 0 spiro atoms. The van der Waals surface area contributed by atoms with Gasteiger partial charge in [-0.2, -0.15) is 0 Å². The number of aliphatic hydroxyl groups is 1. The topological polar surface area (TPSA) is 58.8 Å². The summed E-state index contributed by atoms with van der Waals surface area (Å²) in [5, 5.41) is 15.9. The first-order chi connectivity index (χ1) is 9.59. The fourth-order valence-corrected chi connectivity index (χ4v) is 3.65. The number of aryl methyl sites for hydroxylation is 2. The maximum absolute atomic E-state index is 10.4. The molecule has 1 saturated heterocycles. The first-order valence-corrected chi connectivity index (χ1v) is 7.90. The number of thiazole rings is 1. The third-order valence-corrected chi connectivity index (χ3v) is 4.94. The Labute approximate surface area is 122 Å². The predicted molar refractivity (Wildman–Crippen MR) is 79.3 cm³/mol. The van der Waals surface area contributed by atoms with Gasteiger partial charge >= 0.3 is 0 Å². The van der Waals surface area contributed by atoms with E-state index in [1.807, 2.05) is 6.92 Å². The highest BCUT2D eigenvalue weighted by atomic mass is 32.1. The van der Waals surface area contributed by atoms with Gasteiger partial charge in [0.25, 0.3) is 0 Å². The second kappa shape index (κ2) is 5.44. The van der Waals surface area contributed by atoms with Crippen LogP contribution in [0.25, 0.3) is 4.96 Å². The highest BCUT2D eigenvalue weighted by Crippen LogP contribution is 2.22. The predicted octanol–water partition coefficient (Wildman–Crippen LogP) is 1.64. The summed E-state index contributed by atoms with van der Waals surface area (Å²) in [4.78, 5) is 5.62. The zero-order valence-electron chi connectivity index (χ0n) is 12.0. The van der Waals surface area contributed by atoms with Gasteiger partial charge in [-0.15, -0.1) is 11.3 Å². The van der Waals surface area contributed by atoms with Crippen molar-refractivity contribution in [3.8, 4) is 0 Å². The number of hydrogen-bond donors (Lipinski definition) is 2. The number of rotatable bonds is 4. The monoisotopic (exact) mass is 295 g/mol. The maximum atomic E-state index is 10.4. The maximum Gasteiger partial charge on any atom is 0.194 e. The van der Waals surface area contributed by atoms with Crippen molar-refractivity contribution in [1.29, 1.82) is 0 Å². The van der Waals surface area contributed by atoms with Gasteiger partial charge in [0.2, 0.25) is 0 Å². The SMILES string of the molecule is Cc1nc2scc(C)n2c1CNCC1(O)CCOCC1. The average molecular weight is 295 g/mol. The minimum absolute atomic E-state index is 0.603. The van der Waals surface area contributed by atoms with E-state index in [2.05, 4.69) is 27.0 Å². The molecular formula is C14H21N3O2S. The quantitative estimate of drug-likeness (QED) is 0.900. The summed E-state index contributed by atoms with van der Waals surface area (Å²) >= 11 is 1.67. The molecule has 3 rings (SSSR count). The molecule has 0 aliphatic carbocycles. The Hall–Kier alpha value is -0.950. The van der Waals surface area contributed by atoms with Gasteiger partial charge in [0, 0.05) is 50.2 Å². The second-order valence-electron chi connectivity index (χ2n) is 5.58. The van der Waals surface area contributed by atoms with Crippen LogP contribution in [0.4, 0.5) is 0 Å². The summed E-state index contributed by atoms with van der Waals surface area (Å²) in [6.45, 7) is 6.77. The van der Waals surface area contributed by atoms with E-state index in [1.54, 1.807) is 11.3 Å². The van der Waals surface area contributed by atoms with Crippen molar-refractivity contribution in [3.05, 3.63) is 22.5 Å². The summed E-state index contributed by atoms with van der Waals surface area (Å²) in [6, 6.07) is 0. The fourth-order valence-electron chi connectivity index (χ4n) is 2.72. The number of nitrogens with one attached hydrogen (secondary N) is 1. The Morgan fingerprint density at radius 2 is 2.20 bits per heavy atom. The molecule has 0 radical (unpaired) electrons. The van der Waals surface area contributed by atoms with Crippen LogP contribution in [-0.2, 0) is 11.3 Å². The van der Waals surface area contributed by atoms with Crippen LogP contribution in [0.1, 0.15) is 29.9 Å². The van der Waals surface area contributed by atoms with Gasteiger partial charge in [0.15, 0.2) is 4.96 Å². The van der Waals surface area contributed by atoms with Crippen LogP contribution in [0.15, 0.2) is 5.38 Å². The number of imidazole rings is 1. The third kappa shape index (κ3) is 2.61. The molecule has 0 amide bonds. The summed E-state index contributed by atoms with van der Waals surface area (Å²) in [7, 11) is 0. The summed E-state index contributed by atoms with van der Waals surface area (Å²) in [5.41, 5.74) is 2.84. The molecule has 1 aliphatic rings. The van der Waals surface area contributed by atoms with E-state index in [0.29, 0.717) is 32.6 Å². The van der Waals surface area contributed by atoms with Crippen molar-refractivity contribution < 1.29 is 9.84 Å². The van der Waals surface area contributed by atoms with Crippen molar-refractivity contribution in [2.24, 2.45) is 0 Å². The van der Waals surface area contributed by atoms with Crippen molar-refractivity contribution >= 4 is 16.3 Å². The number of aromatic nitrogens is 2. The molecule has 20 heavy (non-hydrogen) atoms. The van der Waals surface area contributed by atoms with E-state index in [0.717, 1.165) is 17.2 Å². The molecule has 2 aromatic rings. The van der Waals surface area contributed by atoms with Crippen LogP contribution in [0.5, 0.6) is 0 Å². The highest BCUT2D eigenvalue weighted by Gasteiger charge is 2.29. The molecule has 2 aromatic heterocycles. The van der Waals surface area contributed by atoms with Crippen LogP contribution in [0, 0.1) is 13.8 Å². The van der Waals surface area contributed by atoms with Gasteiger partial charge in [0.05, 0.1) is 17.0 Å². The van der Waals surface area contributed by atoms with Gasteiger partial charge in [-0.1, -0.05) is 0 Å². The minimum atomic E-state index is -0.625. The van der Waals surface area contributed by atoms with Crippen LogP contribution in [0.2, 0.25) is 0 Å². The Kier molecular flexibility index (Phi) is 3.81. The average Bonchev–Trinajstić information content (AvgIpc) is 2.91. The summed E-state index contributed by atoms with van der Waals surface area (Å²) in [5.74, 6) is 0. The van der Waals surface area contributed by atoms with E-state index in [4.69, 9.17) is 4.74 Å². The summed E-state index contributed by atoms with van der Waals surface area (Å²) < 4.78 is 7.49. The van der Waals surface area contributed by atoms with Gasteiger partial charge in [-0.3, -0.25) is 4.40 Å². The molecule has 0 aromatic carbocycles. The Balaban J connectivity index is 1.67. The zero-order chi connectivity index (χ0) is 14.2. The number of fused-ring (bicyclic) bond motifs is 1. The van der Waals surface area contributed by atoms with Crippen molar-refractivity contribution in [2.75, 3.05) is 19.8 Å². The Morgan fingerprint density at radius 3 is 2.95 bits per heavy atom. The Bertz CT molecular complexity index is 599. The molecule has 0 saturated carbocycles. The van der Waals surface area contributed by atoms with Crippen LogP contribution in [-0.4, -0.2) is 39.9 Å². The van der Waals surface area contributed by atoms with E-state index >= 15 is 0 Å². The molecule has 1 aliphatic heterocycles. The molecule has 0 atom stereocenters. The molecule has 1 fully saturated rings. The number of hydrogen-bond acceptors (Lipinski definition) is 5. The van der Waals surface area contributed by atoms with Gasteiger partial charge in [-0.25, -0.2) is 4.98 Å².